The van der Waals surface area contributed by atoms with Gasteiger partial charge in [-0.05, 0) is 36.1 Å². The Labute approximate surface area is 145 Å². The zero-order valence-electron chi connectivity index (χ0n) is 13.1. The van der Waals surface area contributed by atoms with Gasteiger partial charge in [-0.2, -0.15) is 0 Å². The predicted octanol–water partition coefficient (Wildman–Crippen LogP) is 4.24. The van der Waals surface area contributed by atoms with Crippen molar-refractivity contribution in [2.45, 2.75) is 18.8 Å². The van der Waals surface area contributed by atoms with E-state index in [4.69, 9.17) is 21.1 Å². The first kappa shape index (κ1) is 15.3. The molecule has 0 spiro atoms. The number of halogens is 1. The average Bonchev–Trinajstić information content (AvgIpc) is 3.38. The molecule has 2 aromatic carbocycles. The zero-order chi connectivity index (χ0) is 16.5. The van der Waals surface area contributed by atoms with Crippen LogP contribution in [0.4, 0.5) is 5.69 Å². The second-order valence-electron chi connectivity index (χ2n) is 6.17. The Bertz CT molecular complexity index is 777. The molecule has 2 atom stereocenters. The van der Waals surface area contributed by atoms with Crippen molar-refractivity contribution in [3.63, 3.8) is 0 Å². The highest BCUT2D eigenvalue weighted by Gasteiger charge is 2.44. The van der Waals surface area contributed by atoms with E-state index in [1.54, 1.807) is 0 Å². The first-order valence-electron chi connectivity index (χ1n) is 8.17. The molecular weight excluding hydrogens is 326 g/mol. The smallest absolute Gasteiger partial charge is 0.228 e. The van der Waals surface area contributed by atoms with Crippen molar-refractivity contribution in [2.75, 3.05) is 18.5 Å². The summed E-state index contributed by atoms with van der Waals surface area (Å²) in [5, 5.41) is 3.71. The van der Waals surface area contributed by atoms with E-state index in [1.807, 2.05) is 42.5 Å². The Morgan fingerprint density at radius 1 is 1.08 bits per heavy atom. The van der Waals surface area contributed by atoms with Crippen molar-refractivity contribution in [1.29, 1.82) is 0 Å². The third-order valence-corrected chi connectivity index (χ3v) is 4.79. The van der Waals surface area contributed by atoms with Gasteiger partial charge in [0.15, 0.2) is 11.5 Å². The molecule has 1 aliphatic carbocycles. The summed E-state index contributed by atoms with van der Waals surface area (Å²) in [4.78, 5) is 12.5. The highest BCUT2D eigenvalue weighted by Crippen LogP contribution is 2.50. The molecule has 0 radical (unpaired) electrons. The minimum absolute atomic E-state index is 0.0226. The van der Waals surface area contributed by atoms with Crippen molar-refractivity contribution in [1.82, 2.24) is 0 Å². The van der Waals surface area contributed by atoms with Gasteiger partial charge in [0.2, 0.25) is 5.91 Å². The standard InChI is InChI=1S/C19H18ClNO3/c20-16-5-2-1-4-13(16)14-11-15(14)19(22)21-12-6-7-17-18(10-12)24-9-3-8-23-17/h1-2,4-7,10,14-15H,3,8-9,11H2,(H,21,22). The Morgan fingerprint density at radius 2 is 1.88 bits per heavy atom. The fourth-order valence-electron chi connectivity index (χ4n) is 3.08. The lowest BCUT2D eigenvalue weighted by molar-refractivity contribution is -0.117. The van der Waals surface area contributed by atoms with Crippen LogP contribution < -0.4 is 14.8 Å². The summed E-state index contributed by atoms with van der Waals surface area (Å²) in [6, 6.07) is 13.2. The molecule has 2 unspecified atom stereocenters. The van der Waals surface area contributed by atoms with E-state index in [0.29, 0.717) is 19.0 Å². The average molecular weight is 344 g/mol. The molecule has 1 fully saturated rings. The SMILES string of the molecule is O=C(Nc1ccc2c(c1)OCCCO2)C1CC1c1ccccc1Cl. The van der Waals surface area contributed by atoms with Crippen LogP contribution in [-0.2, 0) is 4.79 Å². The number of benzene rings is 2. The van der Waals surface area contributed by atoms with Crippen LogP contribution in [0.1, 0.15) is 24.3 Å². The topological polar surface area (TPSA) is 47.6 Å². The molecule has 1 saturated carbocycles. The summed E-state index contributed by atoms with van der Waals surface area (Å²) in [6.07, 6.45) is 1.69. The number of anilines is 1. The lowest BCUT2D eigenvalue weighted by atomic mass is 10.1. The number of hydrogen-bond donors (Lipinski definition) is 1. The second-order valence-corrected chi connectivity index (χ2v) is 6.58. The van der Waals surface area contributed by atoms with Gasteiger partial charge in [0.1, 0.15) is 0 Å². The van der Waals surface area contributed by atoms with Crippen molar-refractivity contribution in [3.05, 3.63) is 53.1 Å². The lowest BCUT2D eigenvalue weighted by Crippen LogP contribution is -2.14. The fraction of sp³-hybridized carbons (Fsp3) is 0.316. The van der Waals surface area contributed by atoms with Gasteiger partial charge in [-0.25, -0.2) is 0 Å². The Balaban J connectivity index is 1.44. The molecule has 0 aromatic heterocycles. The molecule has 1 heterocycles. The minimum Gasteiger partial charge on any atom is -0.490 e. The van der Waals surface area contributed by atoms with Crippen molar-refractivity contribution in [2.24, 2.45) is 5.92 Å². The quantitative estimate of drug-likeness (QED) is 0.906. The van der Waals surface area contributed by atoms with E-state index in [1.165, 1.54) is 0 Å². The maximum Gasteiger partial charge on any atom is 0.228 e. The highest BCUT2D eigenvalue weighted by atomic mass is 35.5. The monoisotopic (exact) mass is 343 g/mol. The first-order valence-corrected chi connectivity index (χ1v) is 8.55. The molecule has 4 nitrogen and oxygen atoms in total. The van der Waals surface area contributed by atoms with E-state index >= 15 is 0 Å². The molecule has 4 rings (SSSR count). The number of nitrogens with one attached hydrogen (secondary N) is 1. The van der Waals surface area contributed by atoms with E-state index in [0.717, 1.165) is 34.9 Å². The van der Waals surface area contributed by atoms with E-state index in [-0.39, 0.29) is 17.7 Å². The fourth-order valence-corrected chi connectivity index (χ4v) is 3.36. The molecule has 0 bridgehead atoms. The van der Waals surface area contributed by atoms with E-state index in [9.17, 15) is 4.79 Å². The number of rotatable bonds is 3. The van der Waals surface area contributed by atoms with Crippen LogP contribution >= 0.6 is 11.6 Å². The van der Waals surface area contributed by atoms with Gasteiger partial charge in [-0.1, -0.05) is 29.8 Å². The van der Waals surface area contributed by atoms with Gasteiger partial charge in [-0.15, -0.1) is 0 Å². The number of fused-ring (bicyclic) bond motifs is 1. The molecular formula is C19H18ClNO3. The molecule has 1 N–H and O–H groups in total. The Kier molecular flexibility index (Phi) is 4.07. The van der Waals surface area contributed by atoms with Gasteiger partial charge in [0.25, 0.3) is 0 Å². The Hall–Kier alpha value is -2.20. The van der Waals surface area contributed by atoms with Crippen LogP contribution in [0.5, 0.6) is 11.5 Å². The number of carbonyl (C=O) groups excluding carboxylic acids is 1. The number of carbonyl (C=O) groups is 1. The number of ether oxygens (including phenoxy) is 2. The van der Waals surface area contributed by atoms with Gasteiger partial charge < -0.3 is 14.8 Å². The normalized spacial score (nSPS) is 21.7. The molecule has 124 valence electrons. The third-order valence-electron chi connectivity index (χ3n) is 4.45. The largest absolute Gasteiger partial charge is 0.490 e. The number of amides is 1. The van der Waals surface area contributed by atoms with Crippen LogP contribution in [0.2, 0.25) is 5.02 Å². The molecule has 1 aliphatic heterocycles. The maximum atomic E-state index is 12.5. The first-order chi connectivity index (χ1) is 11.7. The molecule has 0 saturated heterocycles. The molecule has 24 heavy (non-hydrogen) atoms. The summed E-state index contributed by atoms with van der Waals surface area (Å²) in [6.45, 7) is 1.28. The molecule has 2 aromatic rings. The summed E-state index contributed by atoms with van der Waals surface area (Å²) < 4.78 is 11.3. The van der Waals surface area contributed by atoms with Gasteiger partial charge >= 0.3 is 0 Å². The minimum atomic E-state index is -0.0270. The van der Waals surface area contributed by atoms with Crippen molar-refractivity contribution >= 4 is 23.2 Å². The molecule has 2 aliphatic rings. The summed E-state index contributed by atoms with van der Waals surface area (Å²) in [5.74, 6) is 1.61. The van der Waals surface area contributed by atoms with Crippen LogP contribution in [0, 0.1) is 5.92 Å². The highest BCUT2D eigenvalue weighted by molar-refractivity contribution is 6.31. The maximum absolute atomic E-state index is 12.5. The van der Waals surface area contributed by atoms with Gasteiger partial charge in [-0.3, -0.25) is 4.79 Å². The van der Waals surface area contributed by atoms with Crippen LogP contribution in [0.15, 0.2) is 42.5 Å². The van der Waals surface area contributed by atoms with Crippen LogP contribution in [0.3, 0.4) is 0 Å². The Morgan fingerprint density at radius 3 is 2.71 bits per heavy atom. The van der Waals surface area contributed by atoms with Gasteiger partial charge in [0, 0.05) is 29.1 Å². The molecule has 1 amide bonds. The molecule has 5 heteroatoms. The van der Waals surface area contributed by atoms with Crippen molar-refractivity contribution in [3.8, 4) is 11.5 Å². The van der Waals surface area contributed by atoms with Gasteiger partial charge in [0.05, 0.1) is 13.2 Å². The predicted molar refractivity (Wildman–Crippen MR) is 93.0 cm³/mol. The summed E-state index contributed by atoms with van der Waals surface area (Å²) in [7, 11) is 0. The third kappa shape index (κ3) is 3.06. The lowest BCUT2D eigenvalue weighted by Gasteiger charge is -2.10. The van der Waals surface area contributed by atoms with E-state index in [2.05, 4.69) is 5.32 Å². The van der Waals surface area contributed by atoms with Crippen LogP contribution in [0.25, 0.3) is 0 Å². The van der Waals surface area contributed by atoms with Crippen LogP contribution in [-0.4, -0.2) is 19.1 Å². The number of hydrogen-bond acceptors (Lipinski definition) is 3. The van der Waals surface area contributed by atoms with Crippen molar-refractivity contribution < 1.29 is 14.3 Å². The second kappa shape index (κ2) is 6.36. The van der Waals surface area contributed by atoms with E-state index < -0.39 is 0 Å². The summed E-state index contributed by atoms with van der Waals surface area (Å²) >= 11 is 6.22. The summed E-state index contributed by atoms with van der Waals surface area (Å²) in [5.41, 5.74) is 1.78. The zero-order valence-corrected chi connectivity index (χ0v) is 13.9.